The van der Waals surface area contributed by atoms with Crippen LogP contribution in [0.3, 0.4) is 0 Å². The number of rotatable bonds is 6. The van der Waals surface area contributed by atoms with Crippen molar-refractivity contribution in [3.8, 4) is 0 Å². The maximum Gasteiger partial charge on any atom is 0.376 e. The van der Waals surface area contributed by atoms with Gasteiger partial charge in [-0.3, -0.25) is 9.59 Å². The predicted octanol–water partition coefficient (Wildman–Crippen LogP) is 1.20. The molecule has 0 aliphatic carbocycles. The molecule has 0 spiro atoms. The van der Waals surface area contributed by atoms with E-state index >= 15 is 0 Å². The average molecular weight is 198 g/mol. The molecule has 0 bridgehead atoms. The van der Waals surface area contributed by atoms with Gasteiger partial charge in [0, 0.05) is 12.3 Å². The normalized spacial score (nSPS) is 12.7. The molecular formula is C10H14O4. The molecule has 0 radical (unpaired) electrons. The Bertz CT molecular complexity index is 265. The minimum absolute atomic E-state index is 0.0157. The summed E-state index contributed by atoms with van der Waals surface area (Å²) in [5, 5.41) is 8.22. The highest BCUT2D eigenvalue weighted by atomic mass is 16.4. The SMILES string of the molecule is CCC(C)C(=O)CC=CC(=O)C(=O)O. The molecule has 0 aliphatic heterocycles. The van der Waals surface area contributed by atoms with E-state index in [9.17, 15) is 14.4 Å². The van der Waals surface area contributed by atoms with E-state index in [0.717, 1.165) is 12.5 Å². The van der Waals surface area contributed by atoms with Gasteiger partial charge < -0.3 is 5.11 Å². The summed E-state index contributed by atoms with van der Waals surface area (Å²) in [4.78, 5) is 31.9. The van der Waals surface area contributed by atoms with Crippen LogP contribution in [0.1, 0.15) is 26.7 Å². The fourth-order valence-electron chi connectivity index (χ4n) is 0.782. The second-order valence-corrected chi connectivity index (χ2v) is 3.05. The molecule has 0 aliphatic rings. The number of Topliss-reactive ketones (excluding diaryl/α,β-unsaturated/α-hetero) is 1. The minimum Gasteiger partial charge on any atom is -0.475 e. The van der Waals surface area contributed by atoms with E-state index in [-0.39, 0.29) is 18.1 Å². The molecule has 0 aromatic rings. The van der Waals surface area contributed by atoms with Crippen LogP contribution in [-0.2, 0) is 14.4 Å². The first kappa shape index (κ1) is 12.6. The van der Waals surface area contributed by atoms with Crippen molar-refractivity contribution in [2.75, 3.05) is 0 Å². The molecule has 0 saturated carbocycles. The van der Waals surface area contributed by atoms with Crippen LogP contribution < -0.4 is 0 Å². The van der Waals surface area contributed by atoms with Crippen LogP contribution in [0.4, 0.5) is 0 Å². The quantitative estimate of drug-likeness (QED) is 0.514. The summed E-state index contributed by atoms with van der Waals surface area (Å²) in [5.41, 5.74) is 0. The van der Waals surface area contributed by atoms with E-state index in [1.165, 1.54) is 6.08 Å². The lowest BCUT2D eigenvalue weighted by Crippen LogP contribution is -2.10. The number of carboxylic acids is 1. The molecule has 4 nitrogen and oxygen atoms in total. The van der Waals surface area contributed by atoms with Crippen molar-refractivity contribution >= 4 is 17.5 Å². The Morgan fingerprint density at radius 1 is 1.36 bits per heavy atom. The molecule has 0 amide bonds. The lowest BCUT2D eigenvalue weighted by molar-refractivity contribution is -0.146. The first-order valence-corrected chi connectivity index (χ1v) is 4.45. The molecule has 4 heteroatoms. The second kappa shape index (κ2) is 6.07. The summed E-state index contributed by atoms with van der Waals surface area (Å²) in [7, 11) is 0. The van der Waals surface area contributed by atoms with Gasteiger partial charge in [0.1, 0.15) is 5.78 Å². The van der Waals surface area contributed by atoms with Crippen LogP contribution in [0.2, 0.25) is 0 Å². The lowest BCUT2D eigenvalue weighted by Gasteiger charge is -2.03. The van der Waals surface area contributed by atoms with Crippen LogP contribution in [0.5, 0.6) is 0 Å². The molecule has 14 heavy (non-hydrogen) atoms. The molecule has 0 heterocycles. The largest absolute Gasteiger partial charge is 0.475 e. The summed E-state index contributed by atoms with van der Waals surface area (Å²) in [6.45, 7) is 3.70. The van der Waals surface area contributed by atoms with Crippen LogP contribution in [-0.4, -0.2) is 22.6 Å². The number of carbonyl (C=O) groups is 3. The fraction of sp³-hybridized carbons (Fsp3) is 0.500. The number of carbonyl (C=O) groups excluding carboxylic acids is 2. The molecule has 0 aromatic heterocycles. The van der Waals surface area contributed by atoms with Crippen molar-refractivity contribution in [1.82, 2.24) is 0 Å². The topological polar surface area (TPSA) is 71.4 Å². The molecular weight excluding hydrogens is 184 g/mol. The molecule has 1 N–H and O–H groups in total. The second-order valence-electron chi connectivity index (χ2n) is 3.05. The van der Waals surface area contributed by atoms with Crippen molar-refractivity contribution in [1.29, 1.82) is 0 Å². The van der Waals surface area contributed by atoms with Crippen molar-refractivity contribution in [3.63, 3.8) is 0 Å². The van der Waals surface area contributed by atoms with E-state index < -0.39 is 11.8 Å². The van der Waals surface area contributed by atoms with Gasteiger partial charge in [0.05, 0.1) is 0 Å². The smallest absolute Gasteiger partial charge is 0.376 e. The highest BCUT2D eigenvalue weighted by molar-refractivity contribution is 6.37. The monoisotopic (exact) mass is 198 g/mol. The lowest BCUT2D eigenvalue weighted by atomic mass is 10.0. The van der Waals surface area contributed by atoms with Gasteiger partial charge in [-0.15, -0.1) is 0 Å². The highest BCUT2D eigenvalue weighted by Gasteiger charge is 2.09. The number of allylic oxidation sites excluding steroid dienone is 1. The van der Waals surface area contributed by atoms with Crippen LogP contribution in [0.25, 0.3) is 0 Å². The summed E-state index contributed by atoms with van der Waals surface area (Å²) >= 11 is 0. The summed E-state index contributed by atoms with van der Waals surface area (Å²) in [6, 6.07) is 0. The zero-order valence-corrected chi connectivity index (χ0v) is 8.32. The molecule has 1 atom stereocenters. The third-order valence-corrected chi connectivity index (χ3v) is 1.96. The predicted molar refractivity (Wildman–Crippen MR) is 50.9 cm³/mol. The summed E-state index contributed by atoms with van der Waals surface area (Å²) in [5.74, 6) is -2.53. The number of hydrogen-bond acceptors (Lipinski definition) is 3. The van der Waals surface area contributed by atoms with E-state index in [1.807, 2.05) is 6.92 Å². The van der Waals surface area contributed by atoms with Gasteiger partial charge in [-0.25, -0.2) is 4.79 Å². The first-order chi connectivity index (χ1) is 6.49. The van der Waals surface area contributed by atoms with E-state index in [2.05, 4.69) is 0 Å². The molecule has 0 aromatic carbocycles. The first-order valence-electron chi connectivity index (χ1n) is 4.45. The Kier molecular flexibility index (Phi) is 5.44. The minimum atomic E-state index is -1.50. The Hall–Kier alpha value is -1.45. The van der Waals surface area contributed by atoms with Gasteiger partial charge in [-0.2, -0.15) is 0 Å². The molecule has 78 valence electrons. The van der Waals surface area contributed by atoms with Crippen molar-refractivity contribution < 1.29 is 19.5 Å². The third kappa shape index (κ3) is 4.54. The molecule has 0 saturated heterocycles. The van der Waals surface area contributed by atoms with Gasteiger partial charge in [0.2, 0.25) is 0 Å². The van der Waals surface area contributed by atoms with E-state index in [4.69, 9.17) is 5.11 Å². The van der Waals surface area contributed by atoms with E-state index in [1.54, 1.807) is 6.92 Å². The van der Waals surface area contributed by atoms with Crippen molar-refractivity contribution in [2.45, 2.75) is 26.7 Å². The number of ketones is 2. The Balaban J connectivity index is 4.00. The van der Waals surface area contributed by atoms with Crippen LogP contribution >= 0.6 is 0 Å². The zero-order chi connectivity index (χ0) is 11.1. The maximum absolute atomic E-state index is 11.2. The number of carboxylic acid groups (broad SMARTS) is 1. The van der Waals surface area contributed by atoms with Crippen molar-refractivity contribution in [3.05, 3.63) is 12.2 Å². The molecule has 0 fully saturated rings. The van der Waals surface area contributed by atoms with E-state index in [0.29, 0.717) is 0 Å². The zero-order valence-electron chi connectivity index (χ0n) is 8.32. The van der Waals surface area contributed by atoms with Gasteiger partial charge in [-0.05, 0) is 12.5 Å². The van der Waals surface area contributed by atoms with Crippen LogP contribution in [0.15, 0.2) is 12.2 Å². The van der Waals surface area contributed by atoms with Gasteiger partial charge in [-0.1, -0.05) is 19.9 Å². The summed E-state index contributed by atoms with van der Waals surface area (Å²) in [6.07, 6.45) is 3.08. The standard InChI is InChI=1S/C10H14O4/c1-3-7(2)8(11)5-4-6-9(12)10(13)14/h4,6-7H,3,5H2,1-2H3,(H,13,14). The Labute approximate surface area is 82.6 Å². The number of hydrogen-bond donors (Lipinski definition) is 1. The van der Waals surface area contributed by atoms with Crippen LogP contribution in [0, 0.1) is 5.92 Å². The van der Waals surface area contributed by atoms with Gasteiger partial charge in [0.25, 0.3) is 5.78 Å². The highest BCUT2D eigenvalue weighted by Crippen LogP contribution is 2.05. The molecule has 0 rings (SSSR count). The van der Waals surface area contributed by atoms with Gasteiger partial charge in [0.15, 0.2) is 0 Å². The number of aliphatic carboxylic acids is 1. The van der Waals surface area contributed by atoms with Crippen molar-refractivity contribution in [2.24, 2.45) is 5.92 Å². The Morgan fingerprint density at radius 3 is 2.36 bits per heavy atom. The Morgan fingerprint density at radius 2 is 1.93 bits per heavy atom. The van der Waals surface area contributed by atoms with Gasteiger partial charge >= 0.3 is 5.97 Å². The fourth-order valence-corrected chi connectivity index (χ4v) is 0.782. The average Bonchev–Trinajstić information content (AvgIpc) is 2.15. The molecule has 1 unspecified atom stereocenters. The maximum atomic E-state index is 11.2. The third-order valence-electron chi connectivity index (χ3n) is 1.96. The summed E-state index contributed by atoms with van der Waals surface area (Å²) < 4.78 is 0.